The summed E-state index contributed by atoms with van der Waals surface area (Å²) in [7, 11) is 0. The zero-order valence-electron chi connectivity index (χ0n) is 15.7. The number of rotatable bonds is 3. The summed E-state index contributed by atoms with van der Waals surface area (Å²) in [6.07, 6.45) is 3.76. The number of aromatic nitrogens is 3. The van der Waals surface area contributed by atoms with Crippen LogP contribution in [0.25, 0.3) is 17.0 Å². The molecule has 0 radical (unpaired) electrons. The molecule has 0 N–H and O–H groups in total. The van der Waals surface area contributed by atoms with Crippen molar-refractivity contribution in [1.82, 2.24) is 19.5 Å². The van der Waals surface area contributed by atoms with E-state index in [9.17, 15) is 9.18 Å². The number of furan rings is 1. The van der Waals surface area contributed by atoms with E-state index in [0.717, 1.165) is 24.3 Å². The third-order valence-electron chi connectivity index (χ3n) is 5.37. The van der Waals surface area contributed by atoms with Crippen molar-refractivity contribution in [3.8, 4) is 11.3 Å². The van der Waals surface area contributed by atoms with Gasteiger partial charge in [0.2, 0.25) is 0 Å². The van der Waals surface area contributed by atoms with Crippen molar-refractivity contribution < 1.29 is 13.6 Å². The number of nitrogens with zero attached hydrogens (tertiary/aromatic N) is 4. The van der Waals surface area contributed by atoms with Gasteiger partial charge in [-0.05, 0) is 49.2 Å². The minimum absolute atomic E-state index is 0.103. The number of carbonyl (C=O) groups excluding carboxylic acids is 1. The van der Waals surface area contributed by atoms with Crippen LogP contribution in [0.3, 0.4) is 0 Å². The molecule has 1 unspecified atom stereocenters. The van der Waals surface area contributed by atoms with Crippen molar-refractivity contribution in [2.24, 2.45) is 0 Å². The normalized spacial score (nSPS) is 17.0. The average molecular weight is 390 g/mol. The molecule has 1 aromatic carbocycles. The van der Waals surface area contributed by atoms with E-state index in [0.29, 0.717) is 24.4 Å². The SMILES string of the molecule is O=C(c1ccc(-c2ccccc2F)o1)N1CCCC(c2nnc3ccccn23)C1. The van der Waals surface area contributed by atoms with Crippen LogP contribution in [-0.4, -0.2) is 38.5 Å². The predicted molar refractivity (Wildman–Crippen MR) is 105 cm³/mol. The summed E-state index contributed by atoms with van der Waals surface area (Å²) in [5.41, 5.74) is 1.14. The molecule has 1 aliphatic rings. The lowest BCUT2D eigenvalue weighted by Crippen LogP contribution is -2.39. The van der Waals surface area contributed by atoms with Crippen LogP contribution >= 0.6 is 0 Å². The summed E-state index contributed by atoms with van der Waals surface area (Å²) in [6.45, 7) is 1.20. The molecule has 0 saturated carbocycles. The molecule has 1 atom stereocenters. The molecule has 4 heterocycles. The number of halogens is 1. The Bertz CT molecular complexity index is 1180. The van der Waals surface area contributed by atoms with Crippen molar-refractivity contribution in [3.05, 3.63) is 78.2 Å². The highest BCUT2D eigenvalue weighted by Gasteiger charge is 2.29. The number of hydrogen-bond acceptors (Lipinski definition) is 4. The number of fused-ring (bicyclic) bond motifs is 1. The van der Waals surface area contributed by atoms with Crippen LogP contribution in [0, 0.1) is 5.82 Å². The molecule has 146 valence electrons. The van der Waals surface area contributed by atoms with Gasteiger partial charge in [0.25, 0.3) is 5.91 Å². The number of piperidine rings is 1. The van der Waals surface area contributed by atoms with Crippen LogP contribution in [0.1, 0.15) is 35.1 Å². The van der Waals surface area contributed by atoms with E-state index < -0.39 is 0 Å². The van der Waals surface area contributed by atoms with Gasteiger partial charge in [-0.15, -0.1) is 10.2 Å². The van der Waals surface area contributed by atoms with Gasteiger partial charge in [0.05, 0.1) is 5.56 Å². The average Bonchev–Trinajstić information content (AvgIpc) is 3.41. The van der Waals surface area contributed by atoms with Crippen LogP contribution in [0.5, 0.6) is 0 Å². The number of hydrogen-bond donors (Lipinski definition) is 0. The summed E-state index contributed by atoms with van der Waals surface area (Å²) < 4.78 is 21.7. The highest BCUT2D eigenvalue weighted by molar-refractivity contribution is 5.92. The summed E-state index contributed by atoms with van der Waals surface area (Å²) in [4.78, 5) is 14.8. The monoisotopic (exact) mass is 390 g/mol. The Hall–Kier alpha value is -3.48. The van der Waals surface area contributed by atoms with Crippen molar-refractivity contribution in [1.29, 1.82) is 0 Å². The minimum atomic E-state index is -0.377. The summed E-state index contributed by atoms with van der Waals surface area (Å²) >= 11 is 0. The number of carbonyl (C=O) groups is 1. The number of amides is 1. The van der Waals surface area contributed by atoms with E-state index in [2.05, 4.69) is 10.2 Å². The lowest BCUT2D eigenvalue weighted by molar-refractivity contribution is 0.0673. The topological polar surface area (TPSA) is 63.6 Å². The molecular formula is C22H19FN4O2. The molecule has 7 heteroatoms. The molecule has 1 amide bonds. The van der Waals surface area contributed by atoms with Gasteiger partial charge in [-0.2, -0.15) is 0 Å². The van der Waals surface area contributed by atoms with Crippen LogP contribution in [0.2, 0.25) is 0 Å². The van der Waals surface area contributed by atoms with Crippen LogP contribution in [0.4, 0.5) is 4.39 Å². The Balaban J connectivity index is 1.37. The molecule has 3 aromatic heterocycles. The molecule has 1 saturated heterocycles. The molecular weight excluding hydrogens is 371 g/mol. The Morgan fingerprint density at radius 3 is 2.83 bits per heavy atom. The molecule has 1 aliphatic heterocycles. The summed E-state index contributed by atoms with van der Waals surface area (Å²) in [6, 6.07) is 15.4. The fraction of sp³-hybridized carbons (Fsp3) is 0.227. The Labute approximate surface area is 166 Å². The van der Waals surface area contributed by atoms with Gasteiger partial charge in [0.1, 0.15) is 17.4 Å². The molecule has 0 bridgehead atoms. The first kappa shape index (κ1) is 17.6. The van der Waals surface area contributed by atoms with Crippen molar-refractivity contribution in [2.75, 3.05) is 13.1 Å². The second-order valence-corrected chi connectivity index (χ2v) is 7.22. The summed E-state index contributed by atoms with van der Waals surface area (Å²) in [5.74, 6) is 0.970. The summed E-state index contributed by atoms with van der Waals surface area (Å²) in [5, 5.41) is 8.57. The molecule has 5 rings (SSSR count). The van der Waals surface area contributed by atoms with Gasteiger partial charge >= 0.3 is 0 Å². The van der Waals surface area contributed by atoms with E-state index >= 15 is 0 Å². The van der Waals surface area contributed by atoms with Crippen molar-refractivity contribution in [3.63, 3.8) is 0 Å². The van der Waals surface area contributed by atoms with Crippen LogP contribution < -0.4 is 0 Å². The Morgan fingerprint density at radius 1 is 1.07 bits per heavy atom. The highest BCUT2D eigenvalue weighted by atomic mass is 19.1. The largest absolute Gasteiger partial charge is 0.451 e. The van der Waals surface area contributed by atoms with E-state index in [-0.39, 0.29) is 23.4 Å². The number of benzene rings is 1. The van der Waals surface area contributed by atoms with Crippen LogP contribution in [0.15, 0.2) is 65.2 Å². The van der Waals surface area contributed by atoms with Crippen molar-refractivity contribution >= 4 is 11.6 Å². The first-order valence-electron chi connectivity index (χ1n) is 9.64. The first-order chi connectivity index (χ1) is 14.2. The molecule has 6 nitrogen and oxygen atoms in total. The zero-order chi connectivity index (χ0) is 19.8. The Morgan fingerprint density at radius 2 is 1.93 bits per heavy atom. The zero-order valence-corrected chi connectivity index (χ0v) is 15.7. The van der Waals surface area contributed by atoms with Gasteiger partial charge in [0.15, 0.2) is 11.4 Å². The third-order valence-corrected chi connectivity index (χ3v) is 5.37. The number of likely N-dealkylation sites (tertiary alicyclic amines) is 1. The van der Waals surface area contributed by atoms with Gasteiger partial charge in [0, 0.05) is 25.2 Å². The smallest absolute Gasteiger partial charge is 0.289 e. The van der Waals surface area contributed by atoms with Crippen molar-refractivity contribution in [2.45, 2.75) is 18.8 Å². The maximum atomic E-state index is 14.0. The minimum Gasteiger partial charge on any atom is -0.451 e. The fourth-order valence-electron chi connectivity index (χ4n) is 3.93. The lowest BCUT2D eigenvalue weighted by atomic mass is 9.97. The molecule has 1 fully saturated rings. The predicted octanol–water partition coefficient (Wildman–Crippen LogP) is 4.15. The molecule has 4 aromatic rings. The second-order valence-electron chi connectivity index (χ2n) is 7.22. The molecule has 0 aliphatic carbocycles. The quantitative estimate of drug-likeness (QED) is 0.527. The number of pyridine rings is 1. The maximum Gasteiger partial charge on any atom is 0.289 e. The van der Waals surface area contributed by atoms with Gasteiger partial charge < -0.3 is 9.32 Å². The van der Waals surface area contributed by atoms with E-state index in [1.807, 2.05) is 28.8 Å². The standard InChI is InChI=1S/C22H19FN4O2/c23-17-8-2-1-7-16(17)18-10-11-19(29-18)22(28)26-12-5-6-15(14-26)21-25-24-20-9-3-4-13-27(20)21/h1-4,7-11,13,15H,5-6,12,14H2. The van der Waals surface area contributed by atoms with Gasteiger partial charge in [-0.1, -0.05) is 18.2 Å². The lowest BCUT2D eigenvalue weighted by Gasteiger charge is -2.31. The van der Waals surface area contributed by atoms with E-state index in [4.69, 9.17) is 4.42 Å². The van der Waals surface area contributed by atoms with Gasteiger partial charge in [-0.3, -0.25) is 9.20 Å². The second kappa shape index (κ2) is 7.16. The van der Waals surface area contributed by atoms with Gasteiger partial charge in [-0.25, -0.2) is 4.39 Å². The fourth-order valence-corrected chi connectivity index (χ4v) is 3.93. The Kier molecular flexibility index (Phi) is 4.35. The first-order valence-corrected chi connectivity index (χ1v) is 9.64. The van der Waals surface area contributed by atoms with E-state index in [1.165, 1.54) is 6.07 Å². The maximum absolute atomic E-state index is 14.0. The highest BCUT2D eigenvalue weighted by Crippen LogP contribution is 2.29. The molecule has 29 heavy (non-hydrogen) atoms. The van der Waals surface area contributed by atoms with Crippen LogP contribution in [-0.2, 0) is 0 Å². The third kappa shape index (κ3) is 3.18. The molecule has 0 spiro atoms. The van der Waals surface area contributed by atoms with E-state index in [1.54, 1.807) is 35.2 Å².